The number of amides is 1. The second kappa shape index (κ2) is 6.72. The molecule has 0 aliphatic carbocycles. The number of hydrogen-bond donors (Lipinski definition) is 2. The Morgan fingerprint density at radius 3 is 3.00 bits per heavy atom. The van der Waals surface area contributed by atoms with Crippen molar-refractivity contribution in [1.82, 2.24) is 4.90 Å². The van der Waals surface area contributed by atoms with Gasteiger partial charge in [0.2, 0.25) is 5.91 Å². The van der Waals surface area contributed by atoms with E-state index in [9.17, 15) is 9.90 Å². The largest absolute Gasteiger partial charge is 0.491 e. The Kier molecular flexibility index (Phi) is 4.98. The molecule has 1 saturated heterocycles. The van der Waals surface area contributed by atoms with Crippen molar-refractivity contribution in [2.24, 2.45) is 5.73 Å². The van der Waals surface area contributed by atoms with Crippen LogP contribution in [-0.4, -0.2) is 42.2 Å². The van der Waals surface area contributed by atoms with Crippen molar-refractivity contribution in [3.8, 4) is 5.75 Å². The van der Waals surface area contributed by atoms with Crippen LogP contribution in [0.25, 0.3) is 0 Å². The topological polar surface area (TPSA) is 75.8 Å². The third-order valence-corrected chi connectivity index (χ3v) is 3.76. The number of aliphatic hydroxyl groups excluding tert-OH is 1. The lowest BCUT2D eigenvalue weighted by molar-refractivity contribution is -0.127. The number of benzene rings is 1. The molecule has 3 N–H and O–H groups in total. The van der Waals surface area contributed by atoms with Crippen molar-refractivity contribution < 1.29 is 14.6 Å². The zero-order valence-corrected chi connectivity index (χ0v) is 11.8. The van der Waals surface area contributed by atoms with Crippen LogP contribution in [0.4, 0.5) is 0 Å². The lowest BCUT2D eigenvalue weighted by atomic mass is 10.1. The fourth-order valence-corrected chi connectivity index (χ4v) is 2.39. The number of carbonyl (C=O) groups is 1. The van der Waals surface area contributed by atoms with Gasteiger partial charge in [-0.25, -0.2) is 0 Å². The first-order chi connectivity index (χ1) is 9.61. The Morgan fingerprint density at radius 2 is 2.35 bits per heavy atom. The average molecular weight is 278 g/mol. The standard InChI is InChI=1S/C15H22N2O3/c1-17-12(5-6-15(17)19)10-20-13-4-2-3-11(9-13)14(18)7-8-16/h2-4,9,12,14,18H,5-8,10,16H2,1H3. The van der Waals surface area contributed by atoms with Crippen LogP contribution in [0.2, 0.25) is 0 Å². The number of ether oxygens (including phenoxy) is 1. The molecule has 1 aliphatic heterocycles. The molecule has 2 atom stereocenters. The summed E-state index contributed by atoms with van der Waals surface area (Å²) in [5.41, 5.74) is 6.25. The van der Waals surface area contributed by atoms with Crippen molar-refractivity contribution in [3.63, 3.8) is 0 Å². The number of aliphatic hydroxyl groups is 1. The van der Waals surface area contributed by atoms with Crippen LogP contribution in [-0.2, 0) is 4.79 Å². The molecular weight excluding hydrogens is 256 g/mol. The van der Waals surface area contributed by atoms with E-state index in [-0.39, 0.29) is 11.9 Å². The molecule has 5 heteroatoms. The molecule has 110 valence electrons. The lowest BCUT2D eigenvalue weighted by Crippen LogP contribution is -2.33. The van der Waals surface area contributed by atoms with Crippen molar-refractivity contribution in [1.29, 1.82) is 0 Å². The van der Waals surface area contributed by atoms with E-state index < -0.39 is 6.10 Å². The first-order valence-corrected chi connectivity index (χ1v) is 6.98. The fraction of sp³-hybridized carbons (Fsp3) is 0.533. The molecule has 0 spiro atoms. The van der Waals surface area contributed by atoms with Gasteiger partial charge in [-0.2, -0.15) is 0 Å². The van der Waals surface area contributed by atoms with E-state index in [1.54, 1.807) is 4.90 Å². The number of nitrogens with two attached hydrogens (primary N) is 1. The van der Waals surface area contributed by atoms with E-state index in [0.717, 1.165) is 12.0 Å². The van der Waals surface area contributed by atoms with Crippen LogP contribution in [0.15, 0.2) is 24.3 Å². The summed E-state index contributed by atoms with van der Waals surface area (Å²) in [6, 6.07) is 7.54. The van der Waals surface area contributed by atoms with Gasteiger partial charge in [-0.05, 0) is 37.1 Å². The Hall–Kier alpha value is -1.59. The summed E-state index contributed by atoms with van der Waals surface area (Å²) >= 11 is 0. The van der Waals surface area contributed by atoms with Crippen molar-refractivity contribution >= 4 is 5.91 Å². The summed E-state index contributed by atoms with van der Waals surface area (Å²) in [6.45, 7) is 0.930. The molecule has 2 rings (SSSR count). The molecule has 0 radical (unpaired) electrons. The number of likely N-dealkylation sites (N-methyl/N-ethyl adjacent to an activating group) is 1. The Labute approximate surface area is 119 Å². The summed E-state index contributed by atoms with van der Waals surface area (Å²) in [5.74, 6) is 0.886. The summed E-state index contributed by atoms with van der Waals surface area (Å²) in [7, 11) is 1.81. The van der Waals surface area contributed by atoms with Crippen LogP contribution in [0.3, 0.4) is 0 Å². The van der Waals surface area contributed by atoms with Crippen LogP contribution in [0, 0.1) is 0 Å². The molecule has 5 nitrogen and oxygen atoms in total. The average Bonchev–Trinajstić information content (AvgIpc) is 2.77. The molecule has 0 bridgehead atoms. The summed E-state index contributed by atoms with van der Waals surface area (Å²) in [4.78, 5) is 13.2. The fourth-order valence-electron chi connectivity index (χ4n) is 2.39. The minimum Gasteiger partial charge on any atom is -0.491 e. The summed E-state index contributed by atoms with van der Waals surface area (Å²) in [6.07, 6.45) is 1.41. The van der Waals surface area contributed by atoms with Gasteiger partial charge >= 0.3 is 0 Å². The lowest BCUT2D eigenvalue weighted by Gasteiger charge is -2.20. The Bertz CT molecular complexity index is 464. The molecule has 1 aromatic carbocycles. The first-order valence-electron chi connectivity index (χ1n) is 6.98. The van der Waals surface area contributed by atoms with Crippen LogP contribution >= 0.6 is 0 Å². The van der Waals surface area contributed by atoms with E-state index >= 15 is 0 Å². The molecule has 0 aromatic heterocycles. The molecule has 20 heavy (non-hydrogen) atoms. The predicted octanol–water partition coefficient (Wildman–Crippen LogP) is 1.07. The first kappa shape index (κ1) is 14.8. The molecule has 1 aromatic rings. The van der Waals surface area contributed by atoms with Crippen molar-refractivity contribution in [3.05, 3.63) is 29.8 Å². The monoisotopic (exact) mass is 278 g/mol. The van der Waals surface area contributed by atoms with Crippen molar-refractivity contribution in [2.45, 2.75) is 31.4 Å². The highest BCUT2D eigenvalue weighted by molar-refractivity contribution is 5.78. The van der Waals surface area contributed by atoms with E-state index in [2.05, 4.69) is 0 Å². The zero-order chi connectivity index (χ0) is 14.5. The zero-order valence-electron chi connectivity index (χ0n) is 11.8. The van der Waals surface area contributed by atoms with Gasteiger partial charge in [-0.15, -0.1) is 0 Å². The highest BCUT2D eigenvalue weighted by Crippen LogP contribution is 2.23. The van der Waals surface area contributed by atoms with E-state index in [1.165, 1.54) is 0 Å². The highest BCUT2D eigenvalue weighted by atomic mass is 16.5. The molecule has 0 saturated carbocycles. The molecule has 2 unspecified atom stereocenters. The van der Waals surface area contributed by atoms with Crippen molar-refractivity contribution in [2.75, 3.05) is 20.2 Å². The molecule has 1 heterocycles. The van der Waals surface area contributed by atoms with Gasteiger partial charge in [0.25, 0.3) is 0 Å². The Morgan fingerprint density at radius 1 is 1.55 bits per heavy atom. The predicted molar refractivity (Wildman–Crippen MR) is 76.4 cm³/mol. The van der Waals surface area contributed by atoms with Gasteiger partial charge in [0.1, 0.15) is 12.4 Å². The van der Waals surface area contributed by atoms with Gasteiger partial charge in [0.05, 0.1) is 12.1 Å². The second-order valence-electron chi connectivity index (χ2n) is 5.17. The quantitative estimate of drug-likeness (QED) is 0.816. The SMILES string of the molecule is CN1C(=O)CCC1COc1cccc(C(O)CCN)c1. The van der Waals surface area contributed by atoms with E-state index in [0.29, 0.717) is 31.7 Å². The minimum atomic E-state index is -0.556. The summed E-state index contributed by atoms with van der Waals surface area (Å²) < 4.78 is 5.74. The third-order valence-electron chi connectivity index (χ3n) is 3.76. The maximum atomic E-state index is 11.4. The normalized spacial score (nSPS) is 20.2. The maximum Gasteiger partial charge on any atom is 0.222 e. The minimum absolute atomic E-state index is 0.139. The highest BCUT2D eigenvalue weighted by Gasteiger charge is 2.27. The van der Waals surface area contributed by atoms with Crippen LogP contribution in [0.5, 0.6) is 5.75 Å². The molecule has 1 amide bonds. The van der Waals surface area contributed by atoms with Gasteiger partial charge in [-0.1, -0.05) is 12.1 Å². The number of hydrogen-bond acceptors (Lipinski definition) is 4. The van der Waals surface area contributed by atoms with Gasteiger partial charge < -0.3 is 20.5 Å². The van der Waals surface area contributed by atoms with Gasteiger partial charge in [-0.3, -0.25) is 4.79 Å². The molecular formula is C15H22N2O3. The molecule has 1 aliphatic rings. The Balaban J connectivity index is 1.93. The number of likely N-dealkylation sites (tertiary alicyclic amines) is 1. The van der Waals surface area contributed by atoms with Crippen LogP contribution in [0.1, 0.15) is 30.9 Å². The van der Waals surface area contributed by atoms with Gasteiger partial charge in [0.15, 0.2) is 0 Å². The van der Waals surface area contributed by atoms with E-state index in [4.69, 9.17) is 10.5 Å². The number of rotatable bonds is 6. The number of carbonyl (C=O) groups excluding carboxylic acids is 1. The van der Waals surface area contributed by atoms with Crippen LogP contribution < -0.4 is 10.5 Å². The third kappa shape index (κ3) is 3.49. The van der Waals surface area contributed by atoms with E-state index in [1.807, 2.05) is 31.3 Å². The number of nitrogens with zero attached hydrogens (tertiary/aromatic N) is 1. The molecule has 1 fully saturated rings. The summed E-state index contributed by atoms with van der Waals surface area (Å²) in [5, 5.41) is 9.91. The smallest absolute Gasteiger partial charge is 0.222 e. The second-order valence-corrected chi connectivity index (χ2v) is 5.17. The maximum absolute atomic E-state index is 11.4. The van der Waals surface area contributed by atoms with Gasteiger partial charge in [0, 0.05) is 13.5 Å².